The van der Waals surface area contributed by atoms with Gasteiger partial charge in [0.25, 0.3) is 0 Å². The van der Waals surface area contributed by atoms with Crippen LogP contribution in [0.1, 0.15) is 70.6 Å². The zero-order valence-electron chi connectivity index (χ0n) is 13.6. The molecule has 128 valence electrons. The van der Waals surface area contributed by atoms with E-state index in [1.165, 1.54) is 76.3 Å². The summed E-state index contributed by atoms with van der Waals surface area (Å²) in [6, 6.07) is 1.43. The molecule has 0 amide bonds. The molecule has 0 saturated carbocycles. The molecule has 0 fully saturated rings. The van der Waals surface area contributed by atoms with Crippen molar-refractivity contribution >= 4 is 60.7 Å². The van der Waals surface area contributed by atoms with Crippen LogP contribution in [0.4, 0.5) is 0 Å². The molecule has 0 N–H and O–H groups in total. The number of carbonyl (C=O) groups is 1. The predicted octanol–water partition coefficient (Wildman–Crippen LogP) is 6.28. The van der Waals surface area contributed by atoms with E-state index in [2.05, 4.69) is 51.8 Å². The third-order valence-electron chi connectivity index (χ3n) is 3.53. The molecule has 0 aliphatic rings. The number of hydrogen-bond acceptors (Lipinski definition) is 2. The number of carbonyl (C=O) groups excluding carboxylic acids is 1. The normalized spacial score (nSPS) is 10.9. The third kappa shape index (κ3) is 18.9. The maximum Gasteiger partial charge on any atom is 0.330 e. The minimum absolute atomic E-state index is 0.302. The van der Waals surface area contributed by atoms with Gasteiger partial charge in [0, 0.05) is 6.08 Å². The summed E-state index contributed by atoms with van der Waals surface area (Å²) in [5.74, 6) is -0.302. The van der Waals surface area contributed by atoms with Gasteiger partial charge in [0.15, 0.2) is 0 Å². The van der Waals surface area contributed by atoms with Crippen LogP contribution >= 0.6 is 45.2 Å². The summed E-state index contributed by atoms with van der Waals surface area (Å²) in [7, 11) is 1.14. The molecule has 22 heavy (non-hydrogen) atoms. The fraction of sp³-hybridized carbons (Fsp3) is 0.824. The molecule has 5 heteroatoms. The van der Waals surface area contributed by atoms with Gasteiger partial charge in [0.2, 0.25) is 0 Å². The Hall–Kier alpha value is 0.887. The average Bonchev–Trinajstić information content (AvgIpc) is 2.50. The Morgan fingerprint density at radius 1 is 0.909 bits per heavy atom. The lowest BCUT2D eigenvalue weighted by Crippen LogP contribution is -2.01. The number of unbranched alkanes of at least 4 members (excludes halogenated alkanes) is 10. The Morgan fingerprint density at radius 2 is 1.36 bits per heavy atom. The van der Waals surface area contributed by atoms with Gasteiger partial charge in [-0.15, -0.1) is 0 Å². The molecule has 0 atom stereocenters. The molecule has 0 spiro atoms. The van der Waals surface area contributed by atoms with Crippen LogP contribution in [0.3, 0.4) is 0 Å². The van der Waals surface area contributed by atoms with Gasteiger partial charge >= 0.3 is 5.97 Å². The van der Waals surface area contributed by atoms with E-state index < -0.39 is 0 Å². The van der Waals surface area contributed by atoms with E-state index in [4.69, 9.17) is 4.74 Å². The second-order valence-electron chi connectivity index (χ2n) is 5.52. The Bertz CT molecular complexity index is 273. The van der Waals surface area contributed by atoms with Crippen LogP contribution in [0, 0.1) is 0 Å². The van der Waals surface area contributed by atoms with Crippen molar-refractivity contribution in [3.05, 3.63) is 12.7 Å². The van der Waals surface area contributed by atoms with E-state index in [1.807, 2.05) is 0 Å². The lowest BCUT2D eigenvalue weighted by atomic mass is 10.1. The van der Waals surface area contributed by atoms with E-state index in [-0.39, 0.29) is 5.97 Å². The monoisotopic (exact) mass is 548 g/mol. The van der Waals surface area contributed by atoms with Gasteiger partial charge < -0.3 is 4.74 Å². The van der Waals surface area contributed by atoms with E-state index in [1.54, 1.807) is 0 Å². The summed E-state index contributed by atoms with van der Waals surface area (Å²) in [4.78, 5) is 10.8. The van der Waals surface area contributed by atoms with Crippen molar-refractivity contribution in [1.29, 1.82) is 0 Å². The Morgan fingerprint density at radius 3 is 1.82 bits per heavy atom. The maximum atomic E-state index is 10.8. The van der Waals surface area contributed by atoms with Crippen molar-refractivity contribution < 1.29 is 9.53 Å². The van der Waals surface area contributed by atoms with Gasteiger partial charge in [-0.3, -0.25) is 0 Å². The van der Waals surface area contributed by atoms with E-state index in [9.17, 15) is 4.79 Å². The highest BCUT2D eigenvalue weighted by molar-refractivity contribution is 14.2. The SMILES string of the molecule is C=CC(=O)OCCCCCCCCCCCCC[Si]C(I)I. The smallest absolute Gasteiger partial charge is 0.330 e. The predicted molar refractivity (Wildman–Crippen MR) is 114 cm³/mol. The molecule has 0 bridgehead atoms. The van der Waals surface area contributed by atoms with Gasteiger partial charge in [-0.05, 0) is 6.42 Å². The number of esters is 1. The lowest BCUT2D eigenvalue weighted by molar-refractivity contribution is -0.137. The summed E-state index contributed by atoms with van der Waals surface area (Å²) in [6.45, 7) is 3.92. The Kier molecular flexibility index (Phi) is 19.0. The van der Waals surface area contributed by atoms with Crippen LogP contribution in [0.25, 0.3) is 0 Å². The van der Waals surface area contributed by atoms with E-state index in [0.29, 0.717) is 6.61 Å². The van der Waals surface area contributed by atoms with Crippen LogP contribution in [0.5, 0.6) is 0 Å². The fourth-order valence-electron chi connectivity index (χ4n) is 2.26. The van der Waals surface area contributed by atoms with Crippen LogP contribution < -0.4 is 0 Å². The molecule has 0 aromatic rings. The molecular formula is C17H30I2O2Si. The Labute approximate surface area is 166 Å². The number of alkyl halides is 2. The molecule has 0 rings (SSSR count). The maximum absolute atomic E-state index is 10.8. The molecule has 0 unspecified atom stereocenters. The second kappa shape index (κ2) is 18.2. The van der Waals surface area contributed by atoms with Crippen LogP contribution in [0.15, 0.2) is 12.7 Å². The molecule has 0 aromatic heterocycles. The van der Waals surface area contributed by atoms with Crippen molar-refractivity contribution in [3.63, 3.8) is 0 Å². The first-order chi connectivity index (χ1) is 10.7. The zero-order valence-corrected chi connectivity index (χ0v) is 18.9. The van der Waals surface area contributed by atoms with Crippen molar-refractivity contribution in [2.24, 2.45) is 0 Å². The van der Waals surface area contributed by atoms with Gasteiger partial charge in [-0.2, -0.15) is 0 Å². The minimum atomic E-state index is -0.302. The van der Waals surface area contributed by atoms with Gasteiger partial charge in [-0.25, -0.2) is 4.79 Å². The van der Waals surface area contributed by atoms with Crippen molar-refractivity contribution in [1.82, 2.24) is 0 Å². The van der Waals surface area contributed by atoms with Crippen LogP contribution in [-0.2, 0) is 9.53 Å². The number of ether oxygens (including phenoxy) is 1. The topological polar surface area (TPSA) is 26.3 Å². The molecule has 2 radical (unpaired) electrons. The lowest BCUT2D eigenvalue weighted by Gasteiger charge is -2.04. The first-order valence-electron chi connectivity index (χ1n) is 8.47. The van der Waals surface area contributed by atoms with E-state index in [0.717, 1.165) is 17.5 Å². The first kappa shape index (κ1) is 22.9. The second-order valence-corrected chi connectivity index (χ2v) is 14.2. The van der Waals surface area contributed by atoms with Gasteiger partial charge in [-0.1, -0.05) is 122 Å². The molecule has 0 aliphatic heterocycles. The van der Waals surface area contributed by atoms with Gasteiger partial charge in [0.05, 0.1) is 17.7 Å². The highest BCUT2D eigenvalue weighted by Crippen LogP contribution is 2.14. The van der Waals surface area contributed by atoms with Crippen molar-refractivity contribution in [3.8, 4) is 0 Å². The molecule has 2 nitrogen and oxygen atoms in total. The molecule has 0 heterocycles. The van der Waals surface area contributed by atoms with Crippen LogP contribution in [-0.4, -0.2) is 23.7 Å². The molecule has 0 saturated heterocycles. The largest absolute Gasteiger partial charge is 0.463 e. The van der Waals surface area contributed by atoms with Gasteiger partial charge in [0.1, 0.15) is 0 Å². The quantitative estimate of drug-likeness (QED) is 0.0567. The summed E-state index contributed by atoms with van der Waals surface area (Å²) < 4.78 is 5.78. The number of halogens is 2. The van der Waals surface area contributed by atoms with Crippen molar-refractivity contribution in [2.45, 2.75) is 78.2 Å². The highest BCUT2D eigenvalue weighted by atomic mass is 127. The molecule has 0 aliphatic carbocycles. The summed E-state index contributed by atoms with van der Waals surface area (Å²) in [6.07, 6.45) is 15.8. The summed E-state index contributed by atoms with van der Waals surface area (Å²) >= 11 is 5.04. The molecular weight excluding hydrogens is 518 g/mol. The standard InChI is InChI=1S/C17H30I2O2Si/c1-2-16(20)21-14-12-10-8-6-4-3-5-7-9-11-13-15-22-17(18)19/h2,17H,1,3-15H2. The van der Waals surface area contributed by atoms with Crippen LogP contribution in [0.2, 0.25) is 6.04 Å². The fourth-order valence-corrected chi connectivity index (χ4v) is 4.80. The number of hydrogen-bond donors (Lipinski definition) is 0. The average molecular weight is 548 g/mol. The Balaban J connectivity index is 3.02. The molecule has 0 aromatic carbocycles. The number of rotatable bonds is 16. The van der Waals surface area contributed by atoms with E-state index >= 15 is 0 Å². The zero-order chi connectivity index (χ0) is 16.5. The summed E-state index contributed by atoms with van der Waals surface area (Å²) in [5.41, 5.74) is 0. The highest BCUT2D eigenvalue weighted by Gasteiger charge is 1.99. The third-order valence-corrected chi connectivity index (χ3v) is 7.12. The summed E-state index contributed by atoms with van der Waals surface area (Å²) in [5, 5.41) is 0. The minimum Gasteiger partial charge on any atom is -0.463 e. The first-order valence-corrected chi connectivity index (χ1v) is 12.2. The van der Waals surface area contributed by atoms with Crippen molar-refractivity contribution in [2.75, 3.05) is 6.61 Å².